The van der Waals surface area contributed by atoms with Gasteiger partial charge in [-0.15, -0.1) is 0 Å². The summed E-state index contributed by atoms with van der Waals surface area (Å²) in [5.41, 5.74) is 7.64. The molecule has 2 aromatic rings. The summed E-state index contributed by atoms with van der Waals surface area (Å²) in [4.78, 5) is 4.47. The van der Waals surface area contributed by atoms with Crippen molar-refractivity contribution in [3.63, 3.8) is 0 Å². The standard InChI is InChI=1S/C14H21N5O/c1-13(2,3)10-8-9(19(4)17-10)11-16-12(18-20-11)14(15)6-5-7-14/h8H,5-7,15H2,1-4H3. The van der Waals surface area contributed by atoms with Crippen molar-refractivity contribution < 1.29 is 4.52 Å². The third kappa shape index (κ3) is 2.04. The van der Waals surface area contributed by atoms with Crippen molar-refractivity contribution in [3.05, 3.63) is 17.6 Å². The molecule has 6 nitrogen and oxygen atoms in total. The maximum Gasteiger partial charge on any atom is 0.276 e. The smallest absolute Gasteiger partial charge is 0.276 e. The van der Waals surface area contributed by atoms with Crippen LogP contribution in [0, 0.1) is 0 Å². The monoisotopic (exact) mass is 275 g/mol. The van der Waals surface area contributed by atoms with E-state index in [4.69, 9.17) is 10.3 Å². The van der Waals surface area contributed by atoms with Gasteiger partial charge in [0.2, 0.25) is 0 Å². The molecule has 0 atom stereocenters. The molecule has 1 saturated carbocycles. The Morgan fingerprint density at radius 2 is 2.05 bits per heavy atom. The summed E-state index contributed by atoms with van der Waals surface area (Å²) < 4.78 is 7.16. The largest absolute Gasteiger partial charge is 0.332 e. The van der Waals surface area contributed by atoms with Gasteiger partial charge < -0.3 is 10.3 Å². The number of nitrogens with two attached hydrogens (primary N) is 1. The molecular weight excluding hydrogens is 254 g/mol. The number of hydrogen-bond acceptors (Lipinski definition) is 5. The Bertz CT molecular complexity index is 630. The minimum Gasteiger partial charge on any atom is -0.332 e. The van der Waals surface area contributed by atoms with Crippen molar-refractivity contribution in [2.75, 3.05) is 0 Å². The van der Waals surface area contributed by atoms with Gasteiger partial charge in [-0.1, -0.05) is 25.9 Å². The van der Waals surface area contributed by atoms with Crippen LogP contribution in [0.2, 0.25) is 0 Å². The molecule has 0 aromatic carbocycles. The van der Waals surface area contributed by atoms with Crippen LogP contribution < -0.4 is 5.73 Å². The lowest BCUT2D eigenvalue weighted by atomic mass is 9.77. The molecule has 2 aromatic heterocycles. The highest BCUT2D eigenvalue weighted by Crippen LogP contribution is 2.37. The molecule has 2 N–H and O–H groups in total. The molecular formula is C14H21N5O. The van der Waals surface area contributed by atoms with Crippen molar-refractivity contribution in [1.82, 2.24) is 19.9 Å². The van der Waals surface area contributed by atoms with E-state index in [0.29, 0.717) is 11.7 Å². The maximum absolute atomic E-state index is 6.22. The minimum absolute atomic E-state index is 0.0120. The van der Waals surface area contributed by atoms with Crippen molar-refractivity contribution in [1.29, 1.82) is 0 Å². The Morgan fingerprint density at radius 3 is 2.55 bits per heavy atom. The van der Waals surface area contributed by atoms with E-state index in [-0.39, 0.29) is 5.41 Å². The summed E-state index contributed by atoms with van der Waals surface area (Å²) in [6.07, 6.45) is 2.97. The summed E-state index contributed by atoms with van der Waals surface area (Å²) in [6.45, 7) is 6.38. The van der Waals surface area contributed by atoms with Gasteiger partial charge in [0.1, 0.15) is 5.69 Å². The zero-order chi connectivity index (χ0) is 14.5. The fourth-order valence-electron chi connectivity index (χ4n) is 2.34. The van der Waals surface area contributed by atoms with Crippen LogP contribution in [0.3, 0.4) is 0 Å². The lowest BCUT2D eigenvalue weighted by Gasteiger charge is -2.34. The van der Waals surface area contributed by atoms with Gasteiger partial charge in [0.15, 0.2) is 5.82 Å². The van der Waals surface area contributed by atoms with Crippen molar-refractivity contribution in [2.24, 2.45) is 12.8 Å². The van der Waals surface area contributed by atoms with E-state index in [0.717, 1.165) is 30.7 Å². The first-order chi connectivity index (χ1) is 9.29. The third-order valence-corrected chi connectivity index (χ3v) is 3.98. The van der Waals surface area contributed by atoms with Crippen LogP contribution in [0.1, 0.15) is 51.6 Å². The highest BCUT2D eigenvalue weighted by atomic mass is 16.5. The van der Waals surface area contributed by atoms with Crippen molar-refractivity contribution in [3.8, 4) is 11.6 Å². The second-order valence-electron chi connectivity index (χ2n) is 6.72. The zero-order valence-corrected chi connectivity index (χ0v) is 12.5. The molecule has 0 bridgehead atoms. The SMILES string of the molecule is Cn1nc(C(C)(C)C)cc1-c1nc(C2(N)CCC2)no1. The second kappa shape index (κ2) is 4.15. The molecule has 0 aliphatic heterocycles. The van der Waals surface area contributed by atoms with Crippen LogP contribution in [-0.2, 0) is 18.0 Å². The summed E-state index contributed by atoms with van der Waals surface area (Å²) in [5, 5.41) is 8.57. The molecule has 20 heavy (non-hydrogen) atoms. The lowest BCUT2D eigenvalue weighted by molar-refractivity contribution is 0.229. The molecule has 0 saturated heterocycles. The number of nitrogens with zero attached hydrogens (tertiary/aromatic N) is 4. The van der Waals surface area contributed by atoms with Crippen LogP contribution in [0.5, 0.6) is 0 Å². The number of rotatable bonds is 2. The Morgan fingerprint density at radius 1 is 1.35 bits per heavy atom. The average molecular weight is 275 g/mol. The lowest BCUT2D eigenvalue weighted by Crippen LogP contribution is -2.44. The Balaban J connectivity index is 1.96. The fraction of sp³-hybridized carbons (Fsp3) is 0.643. The molecule has 0 unspecified atom stereocenters. The molecule has 3 rings (SSSR count). The molecule has 0 radical (unpaired) electrons. The van der Waals surface area contributed by atoms with E-state index in [1.165, 1.54) is 0 Å². The predicted molar refractivity (Wildman–Crippen MR) is 74.9 cm³/mol. The molecule has 0 spiro atoms. The summed E-state index contributed by atoms with van der Waals surface area (Å²) in [5.74, 6) is 1.10. The van der Waals surface area contributed by atoms with Gasteiger partial charge in [-0.3, -0.25) is 4.68 Å². The van der Waals surface area contributed by atoms with Crippen LogP contribution in [0.15, 0.2) is 10.6 Å². The van der Waals surface area contributed by atoms with E-state index in [2.05, 4.69) is 36.0 Å². The Kier molecular flexibility index (Phi) is 2.76. The van der Waals surface area contributed by atoms with Gasteiger partial charge in [-0.2, -0.15) is 10.1 Å². The van der Waals surface area contributed by atoms with Crippen LogP contribution in [0.25, 0.3) is 11.6 Å². The van der Waals surface area contributed by atoms with E-state index in [9.17, 15) is 0 Å². The first-order valence-corrected chi connectivity index (χ1v) is 6.98. The fourth-order valence-corrected chi connectivity index (χ4v) is 2.34. The molecule has 1 aliphatic carbocycles. The highest BCUT2D eigenvalue weighted by Gasteiger charge is 2.39. The quantitative estimate of drug-likeness (QED) is 0.907. The van der Waals surface area contributed by atoms with Gasteiger partial charge >= 0.3 is 0 Å². The maximum atomic E-state index is 6.22. The topological polar surface area (TPSA) is 82.8 Å². The predicted octanol–water partition coefficient (Wildman–Crippen LogP) is 2.11. The minimum atomic E-state index is -0.396. The van der Waals surface area contributed by atoms with Gasteiger partial charge in [0.25, 0.3) is 5.89 Å². The van der Waals surface area contributed by atoms with Gasteiger partial charge in [0, 0.05) is 12.5 Å². The van der Waals surface area contributed by atoms with Gasteiger partial charge in [0.05, 0.1) is 11.2 Å². The van der Waals surface area contributed by atoms with Crippen LogP contribution in [-0.4, -0.2) is 19.9 Å². The Labute approximate surface area is 118 Å². The van der Waals surface area contributed by atoms with Crippen LogP contribution in [0.4, 0.5) is 0 Å². The Hall–Kier alpha value is -1.69. The van der Waals surface area contributed by atoms with Crippen LogP contribution >= 0.6 is 0 Å². The molecule has 6 heteroatoms. The highest BCUT2D eigenvalue weighted by molar-refractivity contribution is 5.49. The molecule has 1 aliphatic rings. The molecule has 2 heterocycles. The van der Waals surface area contributed by atoms with Gasteiger partial charge in [-0.05, 0) is 25.3 Å². The zero-order valence-electron chi connectivity index (χ0n) is 12.5. The summed E-state index contributed by atoms with van der Waals surface area (Å²) in [6, 6.07) is 2.00. The van der Waals surface area contributed by atoms with E-state index >= 15 is 0 Å². The third-order valence-electron chi connectivity index (χ3n) is 3.98. The van der Waals surface area contributed by atoms with Crippen molar-refractivity contribution in [2.45, 2.75) is 51.0 Å². The van der Waals surface area contributed by atoms with E-state index in [1.807, 2.05) is 13.1 Å². The second-order valence-corrected chi connectivity index (χ2v) is 6.72. The normalized spacial score (nSPS) is 18.1. The first kappa shape index (κ1) is 13.3. The number of hydrogen-bond donors (Lipinski definition) is 1. The summed E-state index contributed by atoms with van der Waals surface area (Å²) >= 11 is 0. The van der Waals surface area contributed by atoms with E-state index < -0.39 is 5.54 Å². The first-order valence-electron chi connectivity index (χ1n) is 6.98. The van der Waals surface area contributed by atoms with Gasteiger partial charge in [-0.25, -0.2) is 0 Å². The van der Waals surface area contributed by atoms with Crippen molar-refractivity contribution >= 4 is 0 Å². The number of aryl methyl sites for hydroxylation is 1. The average Bonchev–Trinajstić information content (AvgIpc) is 2.91. The number of aromatic nitrogens is 4. The molecule has 0 amide bonds. The molecule has 1 fully saturated rings. The summed E-state index contributed by atoms with van der Waals surface area (Å²) in [7, 11) is 1.88. The van der Waals surface area contributed by atoms with E-state index in [1.54, 1.807) is 4.68 Å². The molecule has 108 valence electrons.